The van der Waals surface area contributed by atoms with Crippen LogP contribution in [0.3, 0.4) is 0 Å². The summed E-state index contributed by atoms with van der Waals surface area (Å²) in [7, 11) is 0. The first kappa shape index (κ1) is 63.0. The van der Waals surface area contributed by atoms with Gasteiger partial charge in [0.25, 0.3) is 0 Å². The molecule has 1 aliphatic heterocycles. The Labute approximate surface area is 557 Å². The van der Waals surface area contributed by atoms with Crippen LogP contribution >= 0.6 is 0 Å². The van der Waals surface area contributed by atoms with Crippen LogP contribution in [0.5, 0.6) is 23.0 Å². The molecule has 12 nitrogen and oxygen atoms in total. The number of aromatic nitrogens is 4. The van der Waals surface area contributed by atoms with Crippen molar-refractivity contribution in [1.82, 2.24) is 19.9 Å². The number of aromatic amines is 4. The van der Waals surface area contributed by atoms with Crippen LogP contribution in [-0.4, -0.2) is 43.8 Å². The number of carbonyl (C=O) groups excluding carboxylic acids is 4. The third-order valence-electron chi connectivity index (χ3n) is 19.0. The second-order valence-corrected chi connectivity index (χ2v) is 25.2. The van der Waals surface area contributed by atoms with Gasteiger partial charge in [-0.1, -0.05) is 48.5 Å². The van der Waals surface area contributed by atoms with Gasteiger partial charge < -0.3 is 38.9 Å². The molecule has 0 atom stereocenters. The van der Waals surface area contributed by atoms with Crippen LogP contribution in [0.15, 0.2) is 194 Å². The van der Waals surface area contributed by atoms with Crippen LogP contribution in [0, 0.1) is 83.1 Å². The highest BCUT2D eigenvalue weighted by atomic mass is 16.5. The predicted molar refractivity (Wildman–Crippen MR) is 376 cm³/mol. The second-order valence-electron chi connectivity index (χ2n) is 25.2. The van der Waals surface area contributed by atoms with Gasteiger partial charge in [0, 0.05) is 66.5 Å². The lowest BCUT2D eigenvalue weighted by Crippen LogP contribution is -2.19. The minimum atomic E-state index is -0.449. The third kappa shape index (κ3) is 12.5. The molecule has 0 unspecified atom stereocenters. The van der Waals surface area contributed by atoms with E-state index in [1.807, 2.05) is 229 Å². The van der Waals surface area contributed by atoms with Gasteiger partial charge in [0.15, 0.2) is 0 Å². The van der Waals surface area contributed by atoms with E-state index >= 15 is 0 Å². The maximum atomic E-state index is 13.7. The average molecular weight is 1270 g/mol. The Hall–Kier alpha value is -11.8. The standard InChI is InChI=1S/C84H72N4O8/c1-45-37-61(38-46(2)53(45)9)81(89)93-65-21-13-57(14-22-65)77-69-29-31-71(85-69)78(58-15-23-66(24-16-58)94-82(90)62-39-47(3)54(10)48(4)40-62)73-33-35-75(87-73)80(60-19-27-68(28-20-60)96-84(92)64-43-51(7)56(12)52(8)44-64)76-36-34-74(88-76)79(72-32-30-70(77)86-72)59-17-25-67(26-18-59)95-83(91)63-41-49(5)55(11)50(6)42-63/h13-44,85-88H,1-12H3. The molecule has 5 heterocycles. The van der Waals surface area contributed by atoms with E-state index in [1.165, 1.54) is 0 Å². The fourth-order valence-electron chi connectivity index (χ4n) is 12.6. The van der Waals surface area contributed by atoms with Crippen molar-refractivity contribution in [2.24, 2.45) is 0 Å². The lowest BCUT2D eigenvalue weighted by molar-refractivity contribution is 0.0725. The number of benzene rings is 8. The van der Waals surface area contributed by atoms with Crippen LogP contribution in [0.25, 0.3) is 22.3 Å². The highest BCUT2D eigenvalue weighted by molar-refractivity contribution is 5.95. The highest BCUT2D eigenvalue weighted by Crippen LogP contribution is 2.32. The van der Waals surface area contributed by atoms with Crippen molar-refractivity contribution < 1.29 is 38.1 Å². The summed E-state index contributed by atoms with van der Waals surface area (Å²) >= 11 is 0. The number of ether oxygens (including phenoxy) is 4. The molecule has 0 radical (unpaired) electrons. The summed E-state index contributed by atoms with van der Waals surface area (Å²) in [6.45, 7) is 24.1. The van der Waals surface area contributed by atoms with E-state index in [9.17, 15) is 19.2 Å². The van der Waals surface area contributed by atoms with Crippen LogP contribution in [0.1, 0.15) is 153 Å². The number of nitrogens with one attached hydrogen (secondary N) is 4. The SMILES string of the molecule is Cc1cc(C(=O)Oc2ccc(C3=c4ccc([nH]4)=C(c4ccc(OC(=O)c5cc(C)c(C)c(C)c5)cc4)c4ccc([nH]4)C(c4ccc(OC(=O)c5cc(C)c(C)c(C)c5)cc4)=c4ccc([nH]4)=C(c4ccc(OC(=O)c5cc(C)c(C)c(C)c5)cc4)c4ccc3[nH]4)cc2)cc(C)c1C. The number of carbonyl (C=O) groups is 4. The number of aryl methyl sites for hydroxylation is 8. The number of H-pyrrole nitrogens is 4. The van der Waals surface area contributed by atoms with Gasteiger partial charge in [-0.2, -0.15) is 0 Å². The van der Waals surface area contributed by atoms with E-state index in [0.717, 1.165) is 155 Å². The van der Waals surface area contributed by atoms with E-state index in [1.54, 1.807) is 0 Å². The summed E-state index contributed by atoms with van der Waals surface area (Å²) in [5.41, 5.74) is 24.2. The molecule has 0 amide bonds. The minimum absolute atomic E-state index is 0.388. The number of hydrogen-bond acceptors (Lipinski definition) is 8. The first-order valence-electron chi connectivity index (χ1n) is 32.0. The maximum Gasteiger partial charge on any atom is 0.343 e. The molecule has 4 N–H and O–H groups in total. The summed E-state index contributed by atoms with van der Waals surface area (Å²) in [5.74, 6) is -0.242. The topological polar surface area (TPSA) is 168 Å². The normalized spacial score (nSPS) is 12.0. The molecular formula is C84H72N4O8. The Morgan fingerprint density at radius 3 is 0.583 bits per heavy atom. The van der Waals surface area contributed by atoms with Crippen molar-refractivity contribution >= 4 is 46.2 Å². The van der Waals surface area contributed by atoms with Crippen LogP contribution in [-0.2, 0) is 0 Å². The van der Waals surface area contributed by atoms with Crippen molar-refractivity contribution in [1.29, 1.82) is 0 Å². The number of hydrogen-bond donors (Lipinski definition) is 4. The summed E-state index contributed by atoms with van der Waals surface area (Å²) in [5, 5.41) is 3.09. The lowest BCUT2D eigenvalue weighted by atomic mass is 10.0. The Kier molecular flexibility index (Phi) is 16.8. The monoisotopic (exact) mass is 1260 g/mol. The first-order valence-corrected chi connectivity index (χ1v) is 32.0. The average Bonchev–Trinajstić information content (AvgIpc) is 1.60. The van der Waals surface area contributed by atoms with Crippen LogP contribution < -0.4 is 40.3 Å². The predicted octanol–water partition coefficient (Wildman–Crippen LogP) is 14.9. The van der Waals surface area contributed by atoms with Crippen molar-refractivity contribution in [2.45, 2.75) is 83.1 Å². The molecule has 96 heavy (non-hydrogen) atoms. The molecule has 8 aromatic carbocycles. The molecule has 0 fully saturated rings. The molecule has 476 valence electrons. The molecule has 0 saturated heterocycles. The summed E-state index contributed by atoms with van der Waals surface area (Å²) < 4.78 is 24.1. The van der Waals surface area contributed by atoms with Gasteiger partial charge >= 0.3 is 23.9 Å². The van der Waals surface area contributed by atoms with E-state index < -0.39 is 23.9 Å². The molecule has 1 aliphatic rings. The molecule has 12 aromatic rings. The first-order chi connectivity index (χ1) is 46.1. The molecule has 0 aliphatic carbocycles. The molecule has 4 aromatic heterocycles. The molecule has 12 heteroatoms. The largest absolute Gasteiger partial charge is 0.423 e. The molecular weight excluding hydrogens is 1190 g/mol. The smallest absolute Gasteiger partial charge is 0.343 e. The van der Waals surface area contributed by atoms with Gasteiger partial charge in [0.1, 0.15) is 23.0 Å². The minimum Gasteiger partial charge on any atom is -0.423 e. The molecule has 0 saturated carbocycles. The zero-order valence-corrected chi connectivity index (χ0v) is 55.7. The summed E-state index contributed by atoms with van der Waals surface area (Å²) in [4.78, 5) is 70.1. The third-order valence-corrected chi connectivity index (χ3v) is 19.0. The van der Waals surface area contributed by atoms with Crippen LogP contribution in [0.4, 0.5) is 0 Å². The van der Waals surface area contributed by atoms with Gasteiger partial charge in [0.05, 0.1) is 22.3 Å². The Morgan fingerprint density at radius 1 is 0.229 bits per heavy atom. The second kappa shape index (κ2) is 25.6. The van der Waals surface area contributed by atoms with Gasteiger partial charge in [-0.15, -0.1) is 0 Å². The van der Waals surface area contributed by atoms with Gasteiger partial charge in [-0.25, -0.2) is 19.2 Å². The van der Waals surface area contributed by atoms with E-state index in [-0.39, 0.29) is 0 Å². The van der Waals surface area contributed by atoms with Crippen molar-refractivity contribution in [3.05, 3.63) is 350 Å². The number of fused-ring (bicyclic) bond motifs is 8. The Morgan fingerprint density at radius 2 is 0.406 bits per heavy atom. The number of rotatable bonds is 12. The quantitative estimate of drug-likeness (QED) is 0.0692. The van der Waals surface area contributed by atoms with Crippen molar-refractivity contribution in [2.75, 3.05) is 0 Å². The molecule has 0 spiro atoms. The molecule has 8 bridgehead atoms. The van der Waals surface area contributed by atoms with E-state index in [2.05, 4.69) is 68.5 Å². The van der Waals surface area contributed by atoms with Crippen molar-refractivity contribution in [3.8, 4) is 23.0 Å². The maximum absolute atomic E-state index is 13.7. The van der Waals surface area contributed by atoms with Crippen molar-refractivity contribution in [3.63, 3.8) is 0 Å². The fourth-order valence-corrected chi connectivity index (χ4v) is 12.6. The van der Waals surface area contributed by atoms with E-state index in [0.29, 0.717) is 45.3 Å². The van der Waals surface area contributed by atoms with Gasteiger partial charge in [-0.3, -0.25) is 0 Å². The highest BCUT2D eigenvalue weighted by Gasteiger charge is 2.22. The summed E-state index contributed by atoms with van der Waals surface area (Å²) in [6, 6.07) is 61.4. The number of esters is 4. The zero-order chi connectivity index (χ0) is 67.4. The van der Waals surface area contributed by atoms with E-state index in [4.69, 9.17) is 18.9 Å². The van der Waals surface area contributed by atoms with Crippen LogP contribution in [0.2, 0.25) is 0 Å². The van der Waals surface area contributed by atoms with Gasteiger partial charge in [-0.05, 0) is 318 Å². The summed E-state index contributed by atoms with van der Waals surface area (Å²) in [6.07, 6.45) is 0. The Balaban J connectivity index is 0.975. The Bertz CT molecular complexity index is 4660. The molecule has 13 rings (SSSR count). The lowest BCUT2D eigenvalue weighted by Gasteiger charge is -2.12. The fraction of sp³-hybridized carbons (Fsp3) is 0.143. The van der Waals surface area contributed by atoms with Gasteiger partial charge in [0.2, 0.25) is 0 Å². The zero-order valence-electron chi connectivity index (χ0n) is 55.7.